The van der Waals surface area contributed by atoms with Crippen molar-refractivity contribution < 1.29 is 14.6 Å². The van der Waals surface area contributed by atoms with Gasteiger partial charge in [0.2, 0.25) is 0 Å². The van der Waals surface area contributed by atoms with Crippen LogP contribution in [0.25, 0.3) is 5.57 Å². The molecule has 2 bridgehead atoms. The lowest BCUT2D eigenvalue weighted by Gasteiger charge is -2.26. The predicted molar refractivity (Wildman–Crippen MR) is 103 cm³/mol. The van der Waals surface area contributed by atoms with Crippen molar-refractivity contribution in [2.75, 3.05) is 0 Å². The molecule has 0 radical (unpaired) electrons. The Labute approximate surface area is 157 Å². The second-order valence-corrected chi connectivity index (χ2v) is 8.93. The first-order valence-corrected chi connectivity index (χ1v) is 10.1. The number of hydrogen-bond donors (Lipinski definition) is 1. The summed E-state index contributed by atoms with van der Waals surface area (Å²) in [5.74, 6) is 0.203. The van der Waals surface area contributed by atoms with Gasteiger partial charge in [-0.25, -0.2) is 0 Å². The van der Waals surface area contributed by atoms with Gasteiger partial charge in [-0.15, -0.1) is 11.3 Å². The maximum Gasteiger partial charge on any atom is 0.173 e. The van der Waals surface area contributed by atoms with Crippen molar-refractivity contribution in [3.63, 3.8) is 0 Å². The number of hydrogen-bond acceptors (Lipinski definition) is 4. The fourth-order valence-electron chi connectivity index (χ4n) is 5.46. The van der Waals surface area contributed by atoms with Crippen molar-refractivity contribution in [3.05, 3.63) is 62.5 Å². The number of thiophene rings is 1. The zero-order chi connectivity index (χ0) is 18.2. The fourth-order valence-corrected chi connectivity index (χ4v) is 6.34. The highest BCUT2D eigenvalue weighted by Crippen LogP contribution is 2.58. The summed E-state index contributed by atoms with van der Waals surface area (Å²) < 4.78 is 6.17. The molecule has 4 heteroatoms. The van der Waals surface area contributed by atoms with Crippen LogP contribution in [0.5, 0.6) is 0 Å². The van der Waals surface area contributed by atoms with E-state index in [1.165, 1.54) is 10.4 Å². The third kappa shape index (κ3) is 2.06. The molecule has 0 saturated carbocycles. The number of carbonyl (C=O) groups excluding carboxylic acids is 1. The molecule has 5 atom stereocenters. The lowest BCUT2D eigenvalue weighted by atomic mass is 9.74. The second kappa shape index (κ2) is 5.54. The lowest BCUT2D eigenvalue weighted by molar-refractivity contribution is -0.118. The summed E-state index contributed by atoms with van der Waals surface area (Å²) in [7, 11) is 0. The molecule has 3 aliphatic rings. The Morgan fingerprint density at radius 2 is 1.88 bits per heavy atom. The second-order valence-electron chi connectivity index (χ2n) is 7.95. The number of rotatable bonds is 2. The van der Waals surface area contributed by atoms with Crippen LogP contribution in [0, 0.1) is 32.6 Å². The number of ether oxygens (including phenoxy) is 1. The first-order valence-electron chi connectivity index (χ1n) is 9.21. The molecule has 1 aliphatic carbocycles. The Kier molecular flexibility index (Phi) is 3.47. The molecule has 1 N–H and O–H groups in total. The van der Waals surface area contributed by atoms with Gasteiger partial charge in [-0.3, -0.25) is 4.79 Å². The van der Waals surface area contributed by atoms with E-state index in [1.54, 1.807) is 11.3 Å². The topological polar surface area (TPSA) is 46.5 Å². The van der Waals surface area contributed by atoms with Crippen LogP contribution in [0.4, 0.5) is 0 Å². The summed E-state index contributed by atoms with van der Waals surface area (Å²) in [4.78, 5) is 14.6. The minimum Gasteiger partial charge on any atom is -0.511 e. The smallest absolute Gasteiger partial charge is 0.173 e. The number of benzene rings is 1. The van der Waals surface area contributed by atoms with Crippen molar-refractivity contribution in [1.29, 1.82) is 0 Å². The van der Waals surface area contributed by atoms with Crippen molar-refractivity contribution in [2.24, 2.45) is 11.8 Å². The minimum atomic E-state index is -0.216. The Morgan fingerprint density at radius 3 is 2.54 bits per heavy atom. The third-order valence-electron chi connectivity index (χ3n) is 6.31. The van der Waals surface area contributed by atoms with Crippen LogP contribution in [0.2, 0.25) is 0 Å². The van der Waals surface area contributed by atoms with Crippen LogP contribution in [-0.4, -0.2) is 23.1 Å². The van der Waals surface area contributed by atoms with Crippen LogP contribution in [0.3, 0.4) is 0 Å². The van der Waals surface area contributed by atoms with Gasteiger partial charge in [-0.1, -0.05) is 23.8 Å². The van der Waals surface area contributed by atoms with E-state index in [-0.39, 0.29) is 41.5 Å². The van der Waals surface area contributed by atoms with E-state index in [1.807, 2.05) is 13.8 Å². The van der Waals surface area contributed by atoms with Gasteiger partial charge in [0.1, 0.15) is 5.76 Å². The largest absolute Gasteiger partial charge is 0.511 e. The molecule has 2 aromatic rings. The summed E-state index contributed by atoms with van der Waals surface area (Å²) in [6.07, 6.45) is 0.719. The highest BCUT2D eigenvalue weighted by Gasteiger charge is 2.62. The molecule has 26 heavy (non-hydrogen) atoms. The SMILES string of the molecule is Cc1cc(C)c(C2=C(O)[C@@H]3[C@@H]4O[C@@H](C[C@H]4c4cccs4)[C@@H]3C2=O)c(C)c1. The molecule has 5 rings (SSSR count). The summed E-state index contributed by atoms with van der Waals surface area (Å²) in [6, 6.07) is 8.37. The molecule has 2 aliphatic heterocycles. The van der Waals surface area contributed by atoms with E-state index >= 15 is 0 Å². The van der Waals surface area contributed by atoms with Crippen molar-refractivity contribution in [2.45, 2.75) is 45.3 Å². The standard InChI is InChI=1S/C22H22O3S/c1-10-7-11(2)16(12(3)8-10)18-20(23)17-14-9-13(15-5-4-6-26-15)22(25-14)19(17)21(18)24/h4-8,13-14,17,19,22,24H,9H2,1-3H3/t13-,14-,17-,19+,22+/m0/s1. The molecule has 3 nitrogen and oxygen atoms in total. The first kappa shape index (κ1) is 16.3. The molecule has 3 heterocycles. The van der Waals surface area contributed by atoms with Gasteiger partial charge in [-0.2, -0.15) is 0 Å². The van der Waals surface area contributed by atoms with Gasteiger partial charge < -0.3 is 9.84 Å². The highest BCUT2D eigenvalue weighted by atomic mass is 32.1. The zero-order valence-electron chi connectivity index (χ0n) is 15.2. The summed E-state index contributed by atoms with van der Waals surface area (Å²) >= 11 is 1.74. The number of ketones is 1. The van der Waals surface area contributed by atoms with Crippen molar-refractivity contribution in [3.8, 4) is 0 Å². The molecule has 134 valence electrons. The molecule has 2 fully saturated rings. The van der Waals surface area contributed by atoms with Gasteiger partial charge in [-0.05, 0) is 55.3 Å². The normalized spacial score (nSPS) is 32.6. The zero-order valence-corrected chi connectivity index (χ0v) is 16.0. The number of Topliss-reactive ketones (excluding diaryl/α,β-unsaturated/α-hetero) is 1. The quantitative estimate of drug-likeness (QED) is 0.837. The average molecular weight is 366 g/mol. The van der Waals surface area contributed by atoms with Crippen LogP contribution in [-0.2, 0) is 9.53 Å². The van der Waals surface area contributed by atoms with Crippen molar-refractivity contribution in [1.82, 2.24) is 0 Å². The fraction of sp³-hybridized carbons (Fsp3) is 0.409. The number of allylic oxidation sites excluding steroid dienone is 1. The molecule has 0 amide bonds. The van der Waals surface area contributed by atoms with Crippen molar-refractivity contribution >= 4 is 22.7 Å². The van der Waals surface area contributed by atoms with Crippen LogP contribution >= 0.6 is 11.3 Å². The van der Waals surface area contributed by atoms with E-state index in [9.17, 15) is 9.90 Å². The molecule has 0 spiro atoms. The number of aryl methyl sites for hydroxylation is 3. The maximum atomic E-state index is 13.3. The van der Waals surface area contributed by atoms with Gasteiger partial charge in [0.15, 0.2) is 5.78 Å². The molecule has 2 saturated heterocycles. The van der Waals surface area contributed by atoms with Gasteiger partial charge in [0.25, 0.3) is 0 Å². The molecule has 0 unspecified atom stereocenters. The van der Waals surface area contributed by atoms with Gasteiger partial charge in [0.05, 0.1) is 29.6 Å². The number of aliphatic hydroxyl groups is 1. The van der Waals surface area contributed by atoms with E-state index in [2.05, 4.69) is 36.6 Å². The minimum absolute atomic E-state index is 0.0692. The van der Waals surface area contributed by atoms with E-state index in [0.29, 0.717) is 5.57 Å². The third-order valence-corrected chi connectivity index (χ3v) is 7.32. The maximum absolute atomic E-state index is 13.3. The van der Waals surface area contributed by atoms with Gasteiger partial charge in [0, 0.05) is 10.8 Å². The number of carbonyl (C=O) groups is 1. The monoisotopic (exact) mass is 366 g/mol. The van der Waals surface area contributed by atoms with Crippen LogP contribution in [0.15, 0.2) is 35.4 Å². The van der Waals surface area contributed by atoms with E-state index in [0.717, 1.165) is 23.1 Å². The van der Waals surface area contributed by atoms with Gasteiger partial charge >= 0.3 is 0 Å². The Morgan fingerprint density at radius 1 is 1.15 bits per heavy atom. The Balaban J connectivity index is 1.60. The predicted octanol–water partition coefficient (Wildman–Crippen LogP) is 4.71. The first-order chi connectivity index (χ1) is 12.5. The Bertz CT molecular complexity index is 917. The molecule has 1 aromatic carbocycles. The molecular weight excluding hydrogens is 344 g/mol. The average Bonchev–Trinajstić information content (AvgIpc) is 3.33. The highest BCUT2D eigenvalue weighted by molar-refractivity contribution is 7.10. The molecule has 1 aromatic heterocycles. The Hall–Kier alpha value is -1.91. The summed E-state index contributed by atoms with van der Waals surface area (Å²) in [5, 5.41) is 13.2. The van der Waals surface area contributed by atoms with Crippen LogP contribution in [0.1, 0.15) is 39.5 Å². The summed E-state index contributed by atoms with van der Waals surface area (Å²) in [5.41, 5.74) is 4.75. The lowest BCUT2D eigenvalue weighted by Crippen LogP contribution is -2.33. The molecular formula is C22H22O3S. The number of aliphatic hydroxyl groups excluding tert-OH is 1. The number of fused-ring (bicyclic) bond motifs is 5. The van der Waals surface area contributed by atoms with Crippen LogP contribution < -0.4 is 0 Å². The van der Waals surface area contributed by atoms with E-state index < -0.39 is 0 Å². The van der Waals surface area contributed by atoms with E-state index in [4.69, 9.17) is 4.74 Å². The summed E-state index contributed by atoms with van der Waals surface area (Å²) in [6.45, 7) is 6.11.